The first-order chi connectivity index (χ1) is 13.1. The molecule has 140 valence electrons. The molecular formula is C19H19BrN4O3. The van der Waals surface area contributed by atoms with E-state index in [0.717, 1.165) is 16.5 Å². The second-order valence-electron chi connectivity index (χ2n) is 6.62. The summed E-state index contributed by atoms with van der Waals surface area (Å²) < 4.78 is 0.835. The topological polar surface area (TPSA) is 74.8 Å². The van der Waals surface area contributed by atoms with Crippen LogP contribution in [-0.2, 0) is 16.2 Å². The van der Waals surface area contributed by atoms with E-state index in [1.165, 1.54) is 5.06 Å². The average molecular weight is 431 g/mol. The SMILES string of the molecule is O=C(Nc1ccc(Br)cn1)[C@@H]1CC[C@@H]2CN1C(=O)N2OCc1ccccc1. The highest BCUT2D eigenvalue weighted by Gasteiger charge is 2.47. The molecule has 3 heterocycles. The lowest BCUT2D eigenvalue weighted by Crippen LogP contribution is -2.47. The number of hydrogen-bond donors (Lipinski definition) is 1. The summed E-state index contributed by atoms with van der Waals surface area (Å²) in [5.41, 5.74) is 0.998. The fraction of sp³-hybridized carbons (Fsp3) is 0.316. The van der Waals surface area contributed by atoms with Gasteiger partial charge in [-0.05, 0) is 46.5 Å². The fourth-order valence-corrected chi connectivity index (χ4v) is 3.68. The highest BCUT2D eigenvalue weighted by molar-refractivity contribution is 9.10. The van der Waals surface area contributed by atoms with E-state index >= 15 is 0 Å². The van der Waals surface area contributed by atoms with E-state index in [1.54, 1.807) is 23.2 Å². The van der Waals surface area contributed by atoms with Gasteiger partial charge in [0.05, 0.1) is 6.04 Å². The molecule has 0 unspecified atom stereocenters. The van der Waals surface area contributed by atoms with Crippen LogP contribution in [0.5, 0.6) is 0 Å². The standard InChI is InChI=1S/C19H19BrN4O3/c20-14-6-9-17(21-10-14)22-18(25)16-8-7-15-11-23(16)19(26)24(15)27-12-13-4-2-1-3-5-13/h1-6,9-10,15-16H,7-8,11-12H2,(H,21,22,25)/t15-,16+/m1/s1. The Morgan fingerprint density at radius 2 is 2.04 bits per heavy atom. The van der Waals surface area contributed by atoms with Crippen molar-refractivity contribution in [3.8, 4) is 0 Å². The van der Waals surface area contributed by atoms with E-state index in [2.05, 4.69) is 26.2 Å². The van der Waals surface area contributed by atoms with Crippen LogP contribution in [0.25, 0.3) is 0 Å². The van der Waals surface area contributed by atoms with Crippen molar-refractivity contribution < 1.29 is 14.4 Å². The number of nitrogens with one attached hydrogen (secondary N) is 1. The van der Waals surface area contributed by atoms with Crippen LogP contribution in [0.4, 0.5) is 10.6 Å². The number of pyridine rings is 1. The van der Waals surface area contributed by atoms with Gasteiger partial charge in [0.1, 0.15) is 18.5 Å². The van der Waals surface area contributed by atoms with Gasteiger partial charge in [-0.25, -0.2) is 9.78 Å². The van der Waals surface area contributed by atoms with Crippen LogP contribution in [0.2, 0.25) is 0 Å². The maximum Gasteiger partial charge on any atom is 0.345 e. The highest BCUT2D eigenvalue weighted by Crippen LogP contribution is 2.31. The molecule has 2 atom stereocenters. The molecule has 2 bridgehead atoms. The van der Waals surface area contributed by atoms with Crippen molar-refractivity contribution in [1.29, 1.82) is 0 Å². The molecule has 8 heteroatoms. The van der Waals surface area contributed by atoms with Gasteiger partial charge in [0.25, 0.3) is 0 Å². The van der Waals surface area contributed by atoms with E-state index in [1.807, 2.05) is 30.3 Å². The maximum absolute atomic E-state index is 12.7. The van der Waals surface area contributed by atoms with Gasteiger partial charge < -0.3 is 10.2 Å². The lowest BCUT2D eigenvalue weighted by Gasteiger charge is -2.29. The number of anilines is 1. The Hall–Kier alpha value is -2.45. The summed E-state index contributed by atoms with van der Waals surface area (Å²) in [6, 6.07) is 12.5. The van der Waals surface area contributed by atoms with Gasteiger partial charge in [-0.2, -0.15) is 5.06 Å². The molecule has 2 aliphatic heterocycles. The Labute approximate surface area is 165 Å². The summed E-state index contributed by atoms with van der Waals surface area (Å²) in [5, 5.41) is 4.22. The molecule has 2 saturated heterocycles. The second kappa shape index (κ2) is 7.66. The molecule has 4 rings (SSSR count). The number of rotatable bonds is 5. The summed E-state index contributed by atoms with van der Waals surface area (Å²) >= 11 is 3.31. The van der Waals surface area contributed by atoms with Crippen LogP contribution < -0.4 is 5.32 Å². The zero-order chi connectivity index (χ0) is 18.8. The minimum atomic E-state index is -0.510. The number of halogens is 1. The van der Waals surface area contributed by atoms with Gasteiger partial charge in [0, 0.05) is 17.2 Å². The Morgan fingerprint density at radius 3 is 2.78 bits per heavy atom. The molecule has 7 nitrogen and oxygen atoms in total. The van der Waals surface area contributed by atoms with Crippen LogP contribution in [0.3, 0.4) is 0 Å². The monoisotopic (exact) mass is 430 g/mol. The number of benzene rings is 1. The van der Waals surface area contributed by atoms with Crippen molar-refractivity contribution >= 4 is 33.7 Å². The van der Waals surface area contributed by atoms with Gasteiger partial charge in [-0.3, -0.25) is 9.63 Å². The summed E-state index contributed by atoms with van der Waals surface area (Å²) in [5.74, 6) is 0.246. The molecule has 0 saturated carbocycles. The van der Waals surface area contributed by atoms with Gasteiger partial charge in [0.15, 0.2) is 0 Å². The van der Waals surface area contributed by atoms with Gasteiger partial charge in [-0.15, -0.1) is 0 Å². The molecule has 2 fully saturated rings. The van der Waals surface area contributed by atoms with Gasteiger partial charge >= 0.3 is 6.03 Å². The molecule has 1 aromatic heterocycles. The molecule has 0 radical (unpaired) electrons. The third kappa shape index (κ3) is 3.81. The fourth-order valence-electron chi connectivity index (χ4n) is 3.45. The summed E-state index contributed by atoms with van der Waals surface area (Å²) in [6.45, 7) is 0.829. The lowest BCUT2D eigenvalue weighted by atomic mass is 10.0. The van der Waals surface area contributed by atoms with E-state index < -0.39 is 6.04 Å². The molecule has 0 aliphatic carbocycles. The van der Waals surface area contributed by atoms with Gasteiger partial charge in [-0.1, -0.05) is 30.3 Å². The number of carbonyl (C=O) groups is 2. The van der Waals surface area contributed by atoms with Crippen LogP contribution in [0, 0.1) is 0 Å². The maximum atomic E-state index is 12.7. The van der Waals surface area contributed by atoms with Crippen molar-refractivity contribution in [3.05, 3.63) is 58.7 Å². The van der Waals surface area contributed by atoms with Gasteiger partial charge in [0.2, 0.25) is 5.91 Å². The molecule has 1 N–H and O–H groups in total. The summed E-state index contributed by atoms with van der Waals surface area (Å²) in [7, 11) is 0. The molecule has 1 aromatic carbocycles. The number of hydrogen-bond acceptors (Lipinski definition) is 4. The lowest BCUT2D eigenvalue weighted by molar-refractivity contribution is -0.140. The zero-order valence-corrected chi connectivity index (χ0v) is 16.1. The van der Waals surface area contributed by atoms with Crippen LogP contribution in [-0.4, -0.2) is 45.5 Å². The first kappa shape index (κ1) is 17.9. The first-order valence-electron chi connectivity index (χ1n) is 8.81. The number of urea groups is 1. The highest BCUT2D eigenvalue weighted by atomic mass is 79.9. The molecule has 0 spiro atoms. The van der Waals surface area contributed by atoms with E-state index in [-0.39, 0.29) is 18.0 Å². The Balaban J connectivity index is 1.39. The Morgan fingerprint density at radius 1 is 1.22 bits per heavy atom. The van der Waals surface area contributed by atoms with Crippen LogP contribution in [0.1, 0.15) is 18.4 Å². The molecule has 3 amide bonds. The zero-order valence-electron chi connectivity index (χ0n) is 14.5. The number of hydroxylamine groups is 2. The number of amides is 3. The summed E-state index contributed by atoms with van der Waals surface area (Å²) in [6.07, 6.45) is 2.94. The molecule has 27 heavy (non-hydrogen) atoms. The number of carbonyl (C=O) groups excluding carboxylic acids is 2. The molecular weight excluding hydrogens is 412 g/mol. The number of piperidine rings is 1. The summed E-state index contributed by atoms with van der Waals surface area (Å²) in [4.78, 5) is 36.9. The third-order valence-corrected chi connectivity index (χ3v) is 5.29. The molecule has 2 aliphatic rings. The minimum Gasteiger partial charge on any atom is -0.309 e. The average Bonchev–Trinajstić information content (AvgIpc) is 2.93. The van der Waals surface area contributed by atoms with Crippen LogP contribution in [0.15, 0.2) is 53.1 Å². The number of aromatic nitrogens is 1. The van der Waals surface area contributed by atoms with Crippen molar-refractivity contribution in [2.24, 2.45) is 0 Å². The Bertz CT molecular complexity index is 831. The van der Waals surface area contributed by atoms with Crippen molar-refractivity contribution in [1.82, 2.24) is 14.9 Å². The number of fused-ring (bicyclic) bond motifs is 2. The molecule has 2 aromatic rings. The smallest absolute Gasteiger partial charge is 0.309 e. The van der Waals surface area contributed by atoms with Crippen LogP contribution >= 0.6 is 15.9 Å². The predicted molar refractivity (Wildman–Crippen MR) is 103 cm³/mol. The van der Waals surface area contributed by atoms with Crippen molar-refractivity contribution in [3.63, 3.8) is 0 Å². The van der Waals surface area contributed by atoms with Crippen molar-refractivity contribution in [2.75, 3.05) is 11.9 Å². The first-order valence-corrected chi connectivity index (χ1v) is 9.60. The largest absolute Gasteiger partial charge is 0.345 e. The number of nitrogens with zero attached hydrogens (tertiary/aromatic N) is 3. The second-order valence-corrected chi connectivity index (χ2v) is 7.53. The van der Waals surface area contributed by atoms with E-state index in [4.69, 9.17) is 4.84 Å². The van der Waals surface area contributed by atoms with E-state index in [0.29, 0.717) is 25.4 Å². The Kier molecular flexibility index (Phi) is 5.09. The minimum absolute atomic E-state index is 0.0175. The van der Waals surface area contributed by atoms with E-state index in [9.17, 15) is 9.59 Å². The third-order valence-electron chi connectivity index (χ3n) is 4.82. The van der Waals surface area contributed by atoms with Crippen molar-refractivity contribution in [2.45, 2.75) is 31.5 Å². The predicted octanol–water partition coefficient (Wildman–Crippen LogP) is 3.18. The normalized spacial score (nSPS) is 21.4. The quantitative estimate of drug-likeness (QED) is 0.789.